The standard InChI is InChI=1S/C12H11FN2O3/c13-10-7-8(5-6-11(10)15(17)18)12(16)14-9-3-1-2-4-9/h1-2,5-7,9H,3-4H2,(H,14,16). The Kier molecular flexibility index (Phi) is 3.36. The van der Waals surface area contributed by atoms with Gasteiger partial charge in [0.2, 0.25) is 5.82 Å². The van der Waals surface area contributed by atoms with E-state index >= 15 is 0 Å². The van der Waals surface area contributed by atoms with Gasteiger partial charge in [0.05, 0.1) is 4.92 Å². The number of nitrogens with one attached hydrogen (secondary N) is 1. The van der Waals surface area contributed by atoms with Crippen LogP contribution in [0.1, 0.15) is 23.2 Å². The minimum atomic E-state index is -1.00. The van der Waals surface area contributed by atoms with E-state index in [1.807, 2.05) is 12.2 Å². The average Bonchev–Trinajstić information content (AvgIpc) is 2.81. The summed E-state index contributed by atoms with van der Waals surface area (Å²) in [5, 5.41) is 13.2. The van der Waals surface area contributed by atoms with Crippen molar-refractivity contribution in [1.82, 2.24) is 5.32 Å². The zero-order chi connectivity index (χ0) is 13.1. The molecule has 0 unspecified atom stereocenters. The molecule has 0 heterocycles. The molecule has 0 bridgehead atoms. The molecule has 0 atom stereocenters. The van der Waals surface area contributed by atoms with Crippen molar-refractivity contribution in [2.24, 2.45) is 0 Å². The third kappa shape index (κ3) is 2.53. The van der Waals surface area contributed by atoms with Gasteiger partial charge in [-0.25, -0.2) is 0 Å². The second-order valence-corrected chi connectivity index (χ2v) is 4.04. The second-order valence-electron chi connectivity index (χ2n) is 4.04. The van der Waals surface area contributed by atoms with E-state index in [4.69, 9.17) is 0 Å². The van der Waals surface area contributed by atoms with Gasteiger partial charge in [0.25, 0.3) is 5.91 Å². The Hall–Kier alpha value is -2.24. The van der Waals surface area contributed by atoms with Gasteiger partial charge in [-0.05, 0) is 25.0 Å². The summed E-state index contributed by atoms with van der Waals surface area (Å²) in [4.78, 5) is 21.4. The zero-order valence-electron chi connectivity index (χ0n) is 9.43. The first-order valence-corrected chi connectivity index (χ1v) is 5.47. The van der Waals surface area contributed by atoms with Crippen molar-refractivity contribution in [2.75, 3.05) is 0 Å². The molecule has 2 rings (SSSR count). The normalized spacial score (nSPS) is 14.7. The molecule has 0 fully saturated rings. The van der Waals surface area contributed by atoms with E-state index < -0.39 is 22.3 Å². The smallest absolute Gasteiger partial charge is 0.304 e. The number of hydrogen-bond acceptors (Lipinski definition) is 3. The van der Waals surface area contributed by atoms with Crippen LogP contribution in [0.25, 0.3) is 0 Å². The molecule has 18 heavy (non-hydrogen) atoms. The number of halogens is 1. The van der Waals surface area contributed by atoms with Crippen molar-refractivity contribution in [3.63, 3.8) is 0 Å². The number of benzene rings is 1. The monoisotopic (exact) mass is 250 g/mol. The Balaban J connectivity index is 2.11. The number of hydrogen-bond donors (Lipinski definition) is 1. The molecule has 1 aliphatic carbocycles. The molecular weight excluding hydrogens is 239 g/mol. The van der Waals surface area contributed by atoms with Gasteiger partial charge in [0, 0.05) is 17.7 Å². The highest BCUT2D eigenvalue weighted by Gasteiger charge is 2.19. The second kappa shape index (κ2) is 4.95. The predicted octanol–water partition coefficient (Wildman–Crippen LogP) is 2.18. The summed E-state index contributed by atoms with van der Waals surface area (Å²) < 4.78 is 13.3. The molecule has 0 aromatic heterocycles. The number of rotatable bonds is 3. The quantitative estimate of drug-likeness (QED) is 0.507. The van der Waals surface area contributed by atoms with Gasteiger partial charge in [-0.15, -0.1) is 0 Å². The van der Waals surface area contributed by atoms with E-state index in [-0.39, 0.29) is 11.6 Å². The number of carbonyl (C=O) groups is 1. The SMILES string of the molecule is O=C(NC1CC=CC1)c1ccc([N+](=O)[O-])c(F)c1. The first kappa shape index (κ1) is 12.2. The molecule has 0 spiro atoms. The van der Waals surface area contributed by atoms with Crippen LogP contribution >= 0.6 is 0 Å². The van der Waals surface area contributed by atoms with Crippen LogP contribution in [0.4, 0.5) is 10.1 Å². The number of nitro benzene ring substituents is 1. The lowest BCUT2D eigenvalue weighted by Crippen LogP contribution is -2.32. The van der Waals surface area contributed by atoms with Gasteiger partial charge >= 0.3 is 5.69 Å². The maximum Gasteiger partial charge on any atom is 0.304 e. The first-order valence-electron chi connectivity index (χ1n) is 5.47. The Labute approximate surface area is 102 Å². The Morgan fingerprint density at radius 1 is 1.39 bits per heavy atom. The van der Waals surface area contributed by atoms with Crippen molar-refractivity contribution < 1.29 is 14.1 Å². The van der Waals surface area contributed by atoms with E-state index in [2.05, 4.69) is 5.32 Å². The van der Waals surface area contributed by atoms with E-state index in [1.54, 1.807) is 0 Å². The number of amides is 1. The topological polar surface area (TPSA) is 72.2 Å². The molecular formula is C12H11FN2O3. The van der Waals surface area contributed by atoms with Crippen LogP contribution in [0, 0.1) is 15.9 Å². The molecule has 1 aromatic rings. The highest BCUT2D eigenvalue weighted by molar-refractivity contribution is 5.94. The highest BCUT2D eigenvalue weighted by Crippen LogP contribution is 2.18. The van der Waals surface area contributed by atoms with Crippen LogP contribution in [0.2, 0.25) is 0 Å². The van der Waals surface area contributed by atoms with Gasteiger partial charge in [-0.1, -0.05) is 12.2 Å². The van der Waals surface area contributed by atoms with Gasteiger partial charge in [-0.3, -0.25) is 14.9 Å². The fourth-order valence-corrected chi connectivity index (χ4v) is 1.80. The number of nitrogens with zero attached hydrogens (tertiary/aromatic N) is 1. The lowest BCUT2D eigenvalue weighted by Gasteiger charge is -2.11. The van der Waals surface area contributed by atoms with Crippen LogP contribution in [-0.4, -0.2) is 16.9 Å². The van der Waals surface area contributed by atoms with Crippen molar-refractivity contribution in [3.05, 3.63) is 51.8 Å². The van der Waals surface area contributed by atoms with E-state index in [0.717, 1.165) is 25.0 Å². The molecule has 1 amide bonds. The molecule has 6 heteroatoms. The molecule has 5 nitrogen and oxygen atoms in total. The van der Waals surface area contributed by atoms with Crippen LogP contribution in [0.15, 0.2) is 30.4 Å². The van der Waals surface area contributed by atoms with Crippen LogP contribution in [0.3, 0.4) is 0 Å². The summed E-state index contributed by atoms with van der Waals surface area (Å²) in [6.07, 6.45) is 5.42. The zero-order valence-corrected chi connectivity index (χ0v) is 9.43. The summed E-state index contributed by atoms with van der Waals surface area (Å²) in [6.45, 7) is 0. The van der Waals surface area contributed by atoms with Crippen molar-refractivity contribution in [1.29, 1.82) is 0 Å². The molecule has 1 aromatic carbocycles. The molecule has 0 saturated carbocycles. The molecule has 1 aliphatic rings. The van der Waals surface area contributed by atoms with Crippen LogP contribution < -0.4 is 5.32 Å². The number of carbonyl (C=O) groups excluding carboxylic acids is 1. The maximum atomic E-state index is 13.3. The van der Waals surface area contributed by atoms with Crippen molar-refractivity contribution in [2.45, 2.75) is 18.9 Å². The largest absolute Gasteiger partial charge is 0.349 e. The van der Waals surface area contributed by atoms with E-state index in [9.17, 15) is 19.3 Å². The fraction of sp³-hybridized carbons (Fsp3) is 0.250. The minimum Gasteiger partial charge on any atom is -0.349 e. The molecule has 0 radical (unpaired) electrons. The Morgan fingerprint density at radius 2 is 2.06 bits per heavy atom. The van der Waals surface area contributed by atoms with Crippen molar-refractivity contribution >= 4 is 11.6 Å². The van der Waals surface area contributed by atoms with Crippen molar-refractivity contribution in [3.8, 4) is 0 Å². The summed E-state index contributed by atoms with van der Waals surface area (Å²) in [6, 6.07) is 3.15. The average molecular weight is 250 g/mol. The molecule has 1 N–H and O–H groups in total. The van der Waals surface area contributed by atoms with Crippen LogP contribution in [0.5, 0.6) is 0 Å². The first-order chi connectivity index (χ1) is 8.58. The Bertz CT molecular complexity index is 520. The van der Waals surface area contributed by atoms with Gasteiger partial charge in [0.1, 0.15) is 0 Å². The molecule has 0 aliphatic heterocycles. The highest BCUT2D eigenvalue weighted by atomic mass is 19.1. The van der Waals surface area contributed by atoms with Crippen LogP contribution in [-0.2, 0) is 0 Å². The summed E-state index contributed by atoms with van der Waals surface area (Å²) in [5.41, 5.74) is -0.543. The van der Waals surface area contributed by atoms with Gasteiger partial charge in [0.15, 0.2) is 0 Å². The number of nitro groups is 1. The third-order valence-corrected chi connectivity index (χ3v) is 2.75. The Morgan fingerprint density at radius 3 is 2.61 bits per heavy atom. The van der Waals surface area contributed by atoms with E-state index in [0.29, 0.717) is 0 Å². The molecule has 94 valence electrons. The summed E-state index contributed by atoms with van der Waals surface area (Å²) in [5.74, 6) is -1.42. The van der Waals surface area contributed by atoms with E-state index in [1.165, 1.54) is 6.07 Å². The predicted molar refractivity (Wildman–Crippen MR) is 62.7 cm³/mol. The maximum absolute atomic E-state index is 13.3. The lowest BCUT2D eigenvalue weighted by atomic mass is 10.1. The summed E-state index contributed by atoms with van der Waals surface area (Å²) in [7, 11) is 0. The van der Waals surface area contributed by atoms with Gasteiger partial charge in [-0.2, -0.15) is 4.39 Å². The molecule has 0 saturated heterocycles. The minimum absolute atomic E-state index is 0.0238. The summed E-state index contributed by atoms with van der Waals surface area (Å²) >= 11 is 0. The lowest BCUT2D eigenvalue weighted by molar-refractivity contribution is -0.387. The third-order valence-electron chi connectivity index (χ3n) is 2.75. The van der Waals surface area contributed by atoms with Gasteiger partial charge < -0.3 is 5.32 Å². The fourth-order valence-electron chi connectivity index (χ4n) is 1.80.